The highest BCUT2D eigenvalue weighted by atomic mass is 16.3. The van der Waals surface area contributed by atoms with Gasteiger partial charge in [0.2, 0.25) is 0 Å². The lowest BCUT2D eigenvalue weighted by molar-refractivity contribution is -0.0268. The highest BCUT2D eigenvalue weighted by Crippen LogP contribution is 2.66. The Balaban J connectivity index is 1.68. The van der Waals surface area contributed by atoms with E-state index in [1.165, 1.54) is 31.3 Å². The fourth-order valence-electron chi connectivity index (χ4n) is 6.80. The summed E-state index contributed by atoms with van der Waals surface area (Å²) in [5.74, 6) is 2.32. The normalized spacial score (nSPS) is 50.5. The third-order valence-electron chi connectivity index (χ3n) is 8.16. The van der Waals surface area contributed by atoms with Gasteiger partial charge in [0.1, 0.15) is 0 Å². The molecule has 4 aliphatic rings. The van der Waals surface area contributed by atoms with Gasteiger partial charge in [-0.15, -0.1) is 0 Å². The molecular formula is C21H29NO. The van der Waals surface area contributed by atoms with Crippen molar-refractivity contribution >= 4 is 0 Å². The second kappa shape index (κ2) is 5.21. The second-order valence-corrected chi connectivity index (χ2v) is 8.95. The number of rotatable bonds is 0. The summed E-state index contributed by atoms with van der Waals surface area (Å²) in [5.41, 5.74) is 3.56. The van der Waals surface area contributed by atoms with Gasteiger partial charge < -0.3 is 5.11 Å². The molecule has 0 aromatic carbocycles. The molecule has 1 N–H and O–H groups in total. The summed E-state index contributed by atoms with van der Waals surface area (Å²) in [4.78, 5) is 0. The van der Waals surface area contributed by atoms with Crippen LogP contribution in [0.5, 0.6) is 0 Å². The first kappa shape index (κ1) is 15.5. The Bertz CT molecular complexity index is 612. The van der Waals surface area contributed by atoms with Gasteiger partial charge in [0.05, 0.1) is 12.2 Å². The van der Waals surface area contributed by atoms with Crippen LogP contribution in [0.2, 0.25) is 0 Å². The smallest absolute Gasteiger partial charge is 0.0911 e. The van der Waals surface area contributed by atoms with Crippen molar-refractivity contribution < 1.29 is 5.11 Å². The first-order chi connectivity index (χ1) is 11.0. The minimum absolute atomic E-state index is 0.114. The molecule has 4 rings (SSSR count). The van der Waals surface area contributed by atoms with Crippen LogP contribution in [0.1, 0.15) is 65.2 Å². The van der Waals surface area contributed by atoms with Gasteiger partial charge in [0.15, 0.2) is 0 Å². The van der Waals surface area contributed by atoms with Gasteiger partial charge in [0.25, 0.3) is 0 Å². The molecule has 0 aromatic rings. The van der Waals surface area contributed by atoms with E-state index in [1.54, 1.807) is 5.57 Å². The number of nitriles is 1. The minimum Gasteiger partial charge on any atom is -0.393 e. The average molecular weight is 311 g/mol. The van der Waals surface area contributed by atoms with Crippen molar-refractivity contribution in [1.82, 2.24) is 0 Å². The maximum absolute atomic E-state index is 10.1. The zero-order valence-corrected chi connectivity index (χ0v) is 14.5. The molecular weight excluding hydrogens is 282 g/mol. The number of hydrogen-bond acceptors (Lipinski definition) is 2. The van der Waals surface area contributed by atoms with Gasteiger partial charge in [-0.2, -0.15) is 5.26 Å². The Morgan fingerprint density at radius 2 is 1.91 bits per heavy atom. The Morgan fingerprint density at radius 1 is 1.17 bits per heavy atom. The maximum atomic E-state index is 10.1. The predicted molar refractivity (Wildman–Crippen MR) is 91.4 cm³/mol. The molecule has 0 amide bonds. The quantitative estimate of drug-likeness (QED) is 0.518. The van der Waals surface area contributed by atoms with E-state index in [4.69, 9.17) is 5.26 Å². The SMILES string of the molecule is CC12CCC(O)CC1=CCC1C2CCC2(C)/C(=C\C#N)CCC12. The zero-order chi connectivity index (χ0) is 16.2. The maximum Gasteiger partial charge on any atom is 0.0911 e. The van der Waals surface area contributed by atoms with Gasteiger partial charge in [-0.3, -0.25) is 0 Å². The number of allylic oxidation sites excluding steroid dienone is 3. The molecule has 124 valence electrons. The molecule has 0 aromatic heterocycles. The van der Waals surface area contributed by atoms with Gasteiger partial charge in [-0.05, 0) is 80.0 Å². The Morgan fingerprint density at radius 3 is 2.70 bits per heavy atom. The van der Waals surface area contributed by atoms with Crippen LogP contribution in [0.4, 0.5) is 0 Å². The van der Waals surface area contributed by atoms with Crippen molar-refractivity contribution in [2.24, 2.45) is 28.6 Å². The van der Waals surface area contributed by atoms with Crippen LogP contribution < -0.4 is 0 Å². The first-order valence-electron chi connectivity index (χ1n) is 9.46. The molecule has 0 spiro atoms. The molecule has 6 unspecified atom stereocenters. The van der Waals surface area contributed by atoms with Gasteiger partial charge in [-0.25, -0.2) is 0 Å². The summed E-state index contributed by atoms with van der Waals surface area (Å²) in [6, 6.07) is 2.30. The van der Waals surface area contributed by atoms with Crippen molar-refractivity contribution in [2.75, 3.05) is 0 Å². The first-order valence-corrected chi connectivity index (χ1v) is 9.46. The fourth-order valence-corrected chi connectivity index (χ4v) is 6.80. The lowest BCUT2D eigenvalue weighted by atomic mass is 9.48. The molecule has 6 atom stereocenters. The molecule has 23 heavy (non-hydrogen) atoms. The standard InChI is InChI=1S/C21H29NO/c1-20-11-8-19-17(18(20)6-4-14(20)9-12-22)5-3-15-13-16(23)7-10-21(15,19)2/h3,9,16-19,23H,4-8,10-11,13H2,1-2H3/b14-9-. The van der Waals surface area contributed by atoms with Crippen molar-refractivity contribution in [2.45, 2.75) is 71.3 Å². The third-order valence-corrected chi connectivity index (χ3v) is 8.16. The van der Waals surface area contributed by atoms with Crippen LogP contribution in [-0.2, 0) is 0 Å². The molecule has 2 heteroatoms. The number of nitrogens with zero attached hydrogens (tertiary/aromatic N) is 1. The Hall–Kier alpha value is -1.07. The average Bonchev–Trinajstić information content (AvgIpc) is 2.85. The van der Waals surface area contributed by atoms with E-state index in [0.717, 1.165) is 43.4 Å². The molecule has 3 saturated carbocycles. The van der Waals surface area contributed by atoms with E-state index in [-0.39, 0.29) is 11.5 Å². The lowest BCUT2D eigenvalue weighted by Gasteiger charge is -2.57. The van der Waals surface area contributed by atoms with Crippen molar-refractivity contribution in [3.05, 3.63) is 23.3 Å². The van der Waals surface area contributed by atoms with Crippen LogP contribution in [0.25, 0.3) is 0 Å². The lowest BCUT2D eigenvalue weighted by Crippen LogP contribution is -2.49. The van der Waals surface area contributed by atoms with Crippen LogP contribution in [-0.4, -0.2) is 11.2 Å². The number of fused-ring (bicyclic) bond motifs is 5. The van der Waals surface area contributed by atoms with E-state index in [0.29, 0.717) is 5.41 Å². The Kier molecular flexibility index (Phi) is 3.50. The molecule has 0 heterocycles. The topological polar surface area (TPSA) is 44.0 Å². The molecule has 0 saturated heterocycles. The fraction of sp³-hybridized carbons (Fsp3) is 0.762. The second-order valence-electron chi connectivity index (χ2n) is 8.95. The minimum atomic E-state index is -0.114. The Labute approximate surface area is 140 Å². The highest BCUT2D eigenvalue weighted by Gasteiger charge is 2.57. The summed E-state index contributed by atoms with van der Waals surface area (Å²) < 4.78 is 0. The largest absolute Gasteiger partial charge is 0.393 e. The zero-order valence-electron chi connectivity index (χ0n) is 14.5. The van der Waals surface area contributed by atoms with Gasteiger partial charge in [-0.1, -0.05) is 31.1 Å². The van der Waals surface area contributed by atoms with E-state index >= 15 is 0 Å². The van der Waals surface area contributed by atoms with Crippen molar-refractivity contribution in [1.29, 1.82) is 5.26 Å². The third kappa shape index (κ3) is 2.09. The van der Waals surface area contributed by atoms with Gasteiger partial charge >= 0.3 is 0 Å². The molecule has 2 nitrogen and oxygen atoms in total. The number of aliphatic hydroxyl groups is 1. The van der Waals surface area contributed by atoms with Crippen LogP contribution >= 0.6 is 0 Å². The summed E-state index contributed by atoms with van der Waals surface area (Å²) in [6.45, 7) is 4.90. The highest BCUT2D eigenvalue weighted by molar-refractivity contribution is 5.31. The van der Waals surface area contributed by atoms with Crippen molar-refractivity contribution in [3.8, 4) is 6.07 Å². The van der Waals surface area contributed by atoms with E-state index in [2.05, 4.69) is 26.0 Å². The molecule has 0 aliphatic heterocycles. The predicted octanol–water partition coefficient (Wildman–Crippen LogP) is 4.76. The van der Waals surface area contributed by atoms with Gasteiger partial charge in [0, 0.05) is 6.08 Å². The summed E-state index contributed by atoms with van der Waals surface area (Å²) >= 11 is 0. The van der Waals surface area contributed by atoms with Crippen molar-refractivity contribution in [3.63, 3.8) is 0 Å². The summed E-state index contributed by atoms with van der Waals surface area (Å²) in [5, 5.41) is 19.2. The molecule has 0 bridgehead atoms. The van der Waals surface area contributed by atoms with E-state index < -0.39 is 0 Å². The number of aliphatic hydroxyl groups excluding tert-OH is 1. The van der Waals surface area contributed by atoms with E-state index in [9.17, 15) is 5.11 Å². The van der Waals surface area contributed by atoms with Crippen LogP contribution in [0, 0.1) is 39.9 Å². The summed E-state index contributed by atoms with van der Waals surface area (Å²) in [7, 11) is 0. The molecule has 3 fully saturated rings. The van der Waals surface area contributed by atoms with Crippen LogP contribution in [0.15, 0.2) is 23.3 Å². The molecule has 4 aliphatic carbocycles. The number of hydrogen-bond donors (Lipinski definition) is 1. The summed E-state index contributed by atoms with van der Waals surface area (Å²) in [6.07, 6.45) is 13.4. The van der Waals surface area contributed by atoms with Crippen LogP contribution in [0.3, 0.4) is 0 Å². The van der Waals surface area contributed by atoms with E-state index in [1.807, 2.05) is 6.08 Å². The monoisotopic (exact) mass is 311 g/mol. The molecule has 0 radical (unpaired) electrons.